The zero-order valence-corrected chi connectivity index (χ0v) is 6.90. The Hall–Kier alpha value is 0.830. The van der Waals surface area contributed by atoms with Crippen molar-refractivity contribution < 1.29 is 5.11 Å². The molecule has 0 aliphatic rings. The van der Waals surface area contributed by atoms with Crippen molar-refractivity contribution in [3.05, 3.63) is 0 Å². The first-order valence-electron chi connectivity index (χ1n) is 1.41. The van der Waals surface area contributed by atoms with E-state index in [1.54, 1.807) is 13.8 Å². The van der Waals surface area contributed by atoms with Crippen LogP contribution in [0.25, 0.3) is 0 Å². The number of hydrogen-bond donors (Lipinski definition) is 1. The molecular formula is C3H8InO. The van der Waals surface area contributed by atoms with Crippen LogP contribution in [0.3, 0.4) is 0 Å². The number of rotatable bonds is 0. The van der Waals surface area contributed by atoms with Crippen molar-refractivity contribution in [2.45, 2.75) is 20.0 Å². The van der Waals surface area contributed by atoms with Crippen LogP contribution in [0.5, 0.6) is 0 Å². The van der Waals surface area contributed by atoms with Crippen LogP contribution in [0.4, 0.5) is 0 Å². The molecule has 0 aliphatic carbocycles. The van der Waals surface area contributed by atoms with Crippen LogP contribution in [-0.4, -0.2) is 37.1 Å². The van der Waals surface area contributed by atoms with Crippen molar-refractivity contribution in [2.75, 3.05) is 0 Å². The second-order valence-electron chi connectivity index (χ2n) is 1.09. The predicted octanol–water partition coefficient (Wildman–Crippen LogP) is 0.00630. The van der Waals surface area contributed by atoms with E-state index in [1.165, 1.54) is 0 Å². The van der Waals surface area contributed by atoms with E-state index < -0.39 is 0 Å². The molecule has 5 heavy (non-hydrogen) atoms. The summed E-state index contributed by atoms with van der Waals surface area (Å²) < 4.78 is 0. The summed E-state index contributed by atoms with van der Waals surface area (Å²) in [7, 11) is 0. The Kier molecular flexibility index (Phi) is 8.96. The van der Waals surface area contributed by atoms with Gasteiger partial charge in [0.25, 0.3) is 0 Å². The van der Waals surface area contributed by atoms with Gasteiger partial charge in [-0.3, -0.25) is 0 Å². The average Bonchev–Trinajstić information content (AvgIpc) is 0.811. The fraction of sp³-hybridized carbons (Fsp3) is 1.00. The molecule has 0 atom stereocenters. The summed E-state index contributed by atoms with van der Waals surface area (Å²) >= 11 is 0. The fourth-order valence-corrected chi connectivity index (χ4v) is 0. The molecule has 0 spiro atoms. The van der Waals surface area contributed by atoms with E-state index in [9.17, 15) is 0 Å². The maximum atomic E-state index is 8.06. The van der Waals surface area contributed by atoms with Crippen LogP contribution in [0, 0.1) is 0 Å². The van der Waals surface area contributed by atoms with Gasteiger partial charge in [0.1, 0.15) is 0 Å². The van der Waals surface area contributed by atoms with E-state index in [0.29, 0.717) is 0 Å². The second kappa shape index (κ2) is 4.83. The Balaban J connectivity index is 0. The Morgan fingerprint density at radius 1 is 1.40 bits per heavy atom. The second-order valence-corrected chi connectivity index (χ2v) is 1.09. The summed E-state index contributed by atoms with van der Waals surface area (Å²) in [6, 6.07) is 0. The minimum absolute atomic E-state index is 0. The molecule has 29 valence electrons. The third-order valence-electron chi connectivity index (χ3n) is 0. The molecule has 0 aromatic carbocycles. The number of aliphatic hydroxyl groups is 1. The molecule has 0 rings (SSSR count). The molecule has 0 bridgehead atoms. The molecule has 0 aliphatic heterocycles. The van der Waals surface area contributed by atoms with Gasteiger partial charge in [-0.1, -0.05) is 0 Å². The van der Waals surface area contributed by atoms with Gasteiger partial charge in [0.05, 0.1) is 0 Å². The minimum Gasteiger partial charge on any atom is -0.394 e. The van der Waals surface area contributed by atoms with Crippen LogP contribution >= 0.6 is 0 Å². The van der Waals surface area contributed by atoms with Gasteiger partial charge in [0, 0.05) is 31.9 Å². The largest absolute Gasteiger partial charge is 0.394 e. The molecule has 0 unspecified atom stereocenters. The molecular weight excluding hydrogens is 167 g/mol. The molecule has 0 aromatic heterocycles. The first kappa shape index (κ1) is 9.27. The molecule has 3 radical (unpaired) electrons. The van der Waals surface area contributed by atoms with Crippen molar-refractivity contribution in [1.29, 1.82) is 0 Å². The summed E-state index contributed by atoms with van der Waals surface area (Å²) in [6.45, 7) is 3.44. The van der Waals surface area contributed by atoms with Crippen LogP contribution in [0.15, 0.2) is 0 Å². The van der Waals surface area contributed by atoms with Crippen LogP contribution in [0.1, 0.15) is 13.8 Å². The third-order valence-corrected chi connectivity index (χ3v) is 0. The molecule has 0 fully saturated rings. The van der Waals surface area contributed by atoms with Crippen molar-refractivity contribution in [3.63, 3.8) is 0 Å². The van der Waals surface area contributed by atoms with Gasteiger partial charge in [-0.2, -0.15) is 0 Å². The zero-order chi connectivity index (χ0) is 3.58. The van der Waals surface area contributed by atoms with Gasteiger partial charge in [-0.15, -0.1) is 0 Å². The maximum absolute atomic E-state index is 8.06. The van der Waals surface area contributed by atoms with Crippen molar-refractivity contribution in [1.82, 2.24) is 0 Å². The Morgan fingerprint density at radius 2 is 1.40 bits per heavy atom. The smallest absolute Gasteiger partial charge is 0.0483 e. The van der Waals surface area contributed by atoms with Gasteiger partial charge in [-0.25, -0.2) is 0 Å². The van der Waals surface area contributed by atoms with Gasteiger partial charge >= 0.3 is 0 Å². The molecule has 0 saturated heterocycles. The Labute approximate surface area is 51.2 Å². The molecule has 2 heteroatoms. The molecule has 0 amide bonds. The Morgan fingerprint density at radius 3 is 1.40 bits per heavy atom. The summed E-state index contributed by atoms with van der Waals surface area (Å²) in [5.41, 5.74) is 0. The quantitative estimate of drug-likeness (QED) is 0.549. The van der Waals surface area contributed by atoms with Crippen LogP contribution < -0.4 is 0 Å². The average molecular weight is 175 g/mol. The predicted molar refractivity (Wildman–Crippen MR) is 23.1 cm³/mol. The standard InChI is InChI=1S/C3H8O.In/c1-3(2)4;/h3-4H,1-2H3;. The normalized spacial score (nSPS) is 7.20. The van der Waals surface area contributed by atoms with Crippen molar-refractivity contribution >= 4 is 25.8 Å². The summed E-state index contributed by atoms with van der Waals surface area (Å²) in [5.74, 6) is 0. The molecule has 0 heterocycles. The van der Waals surface area contributed by atoms with Crippen molar-refractivity contribution in [3.8, 4) is 0 Å². The van der Waals surface area contributed by atoms with Gasteiger partial charge in [-0.05, 0) is 13.8 Å². The summed E-state index contributed by atoms with van der Waals surface area (Å²) in [6.07, 6.45) is -0.167. The SMILES string of the molecule is CC(C)O.[In]. The van der Waals surface area contributed by atoms with E-state index in [0.717, 1.165) is 0 Å². The summed E-state index contributed by atoms with van der Waals surface area (Å²) in [4.78, 5) is 0. The van der Waals surface area contributed by atoms with Crippen molar-refractivity contribution in [2.24, 2.45) is 0 Å². The molecule has 1 N–H and O–H groups in total. The van der Waals surface area contributed by atoms with E-state index in [-0.39, 0.29) is 31.9 Å². The molecule has 1 nitrogen and oxygen atoms in total. The first-order chi connectivity index (χ1) is 1.73. The summed E-state index contributed by atoms with van der Waals surface area (Å²) in [5, 5.41) is 8.06. The third kappa shape index (κ3) is 56.1. The maximum Gasteiger partial charge on any atom is 0.0483 e. The first-order valence-corrected chi connectivity index (χ1v) is 1.41. The van der Waals surface area contributed by atoms with Gasteiger partial charge in [0.2, 0.25) is 0 Å². The fourth-order valence-electron chi connectivity index (χ4n) is 0. The number of aliphatic hydroxyl groups excluding tert-OH is 1. The number of hydrogen-bond acceptors (Lipinski definition) is 1. The Bertz CT molecular complexity index is 11.6. The van der Waals surface area contributed by atoms with E-state index in [2.05, 4.69) is 0 Å². The zero-order valence-electron chi connectivity index (χ0n) is 3.60. The van der Waals surface area contributed by atoms with Crippen LogP contribution in [-0.2, 0) is 0 Å². The topological polar surface area (TPSA) is 20.2 Å². The van der Waals surface area contributed by atoms with Gasteiger partial charge in [0.15, 0.2) is 0 Å². The molecule has 0 aromatic rings. The van der Waals surface area contributed by atoms with E-state index in [1.807, 2.05) is 0 Å². The van der Waals surface area contributed by atoms with Crippen LogP contribution in [0.2, 0.25) is 0 Å². The van der Waals surface area contributed by atoms with Gasteiger partial charge < -0.3 is 5.11 Å². The van der Waals surface area contributed by atoms with E-state index >= 15 is 0 Å². The molecule has 0 saturated carbocycles. The monoisotopic (exact) mass is 175 g/mol. The van der Waals surface area contributed by atoms with E-state index in [4.69, 9.17) is 5.11 Å². The minimum atomic E-state index is -0.167.